The Hall–Kier alpha value is -2.56. The lowest BCUT2D eigenvalue weighted by Crippen LogP contribution is -2.17. The highest BCUT2D eigenvalue weighted by Crippen LogP contribution is 2.32. The van der Waals surface area contributed by atoms with Crippen LogP contribution in [0.3, 0.4) is 0 Å². The Morgan fingerprint density at radius 1 is 1.32 bits per heavy atom. The first kappa shape index (κ1) is 12.9. The Morgan fingerprint density at radius 2 is 2.11 bits per heavy atom. The zero-order chi connectivity index (χ0) is 13.8. The summed E-state index contributed by atoms with van der Waals surface area (Å²) in [5.41, 5.74) is 8.37. The van der Waals surface area contributed by atoms with Crippen molar-refractivity contribution >= 4 is 23.0 Å². The number of nitrogen functional groups attached to an aromatic ring is 1. The number of nitrogens with two attached hydrogens (primary N) is 1. The molecule has 0 bridgehead atoms. The Morgan fingerprint density at radius 3 is 2.74 bits per heavy atom. The topological polar surface area (TPSA) is 68.5 Å². The molecule has 0 unspecified atom stereocenters. The fraction of sp³-hybridized carbons (Fsp3) is 0.143. The highest BCUT2D eigenvalue weighted by Gasteiger charge is 2.18. The average Bonchev–Trinajstić information content (AvgIpc) is 2.46. The van der Waals surface area contributed by atoms with Crippen molar-refractivity contribution in [1.82, 2.24) is 4.98 Å². The van der Waals surface area contributed by atoms with Crippen LogP contribution in [0.15, 0.2) is 42.7 Å². The number of rotatable bonds is 3. The lowest BCUT2D eigenvalue weighted by atomic mass is 10.1. The molecular weight excluding hydrogens is 242 g/mol. The van der Waals surface area contributed by atoms with Crippen LogP contribution in [-0.4, -0.2) is 25.1 Å². The van der Waals surface area contributed by atoms with E-state index in [1.165, 1.54) is 7.11 Å². The van der Waals surface area contributed by atoms with Gasteiger partial charge in [0, 0.05) is 13.2 Å². The molecule has 98 valence electrons. The third kappa shape index (κ3) is 2.49. The molecule has 1 heterocycles. The largest absolute Gasteiger partial charge is 0.465 e. The van der Waals surface area contributed by atoms with E-state index in [2.05, 4.69) is 4.98 Å². The molecule has 5 heteroatoms. The number of para-hydroxylation sites is 1. The first-order chi connectivity index (χ1) is 9.15. The van der Waals surface area contributed by atoms with Crippen molar-refractivity contribution in [3.8, 4) is 0 Å². The summed E-state index contributed by atoms with van der Waals surface area (Å²) in [6.07, 6.45) is 3.39. The van der Waals surface area contributed by atoms with Crippen molar-refractivity contribution in [2.75, 3.05) is 24.8 Å². The molecule has 2 aromatic rings. The lowest BCUT2D eigenvalue weighted by Gasteiger charge is -2.23. The van der Waals surface area contributed by atoms with E-state index in [9.17, 15) is 4.79 Å². The number of aromatic nitrogens is 1. The summed E-state index contributed by atoms with van der Waals surface area (Å²) >= 11 is 0. The monoisotopic (exact) mass is 257 g/mol. The van der Waals surface area contributed by atoms with E-state index in [4.69, 9.17) is 10.5 Å². The number of pyridine rings is 1. The van der Waals surface area contributed by atoms with Gasteiger partial charge in [0.05, 0.1) is 35.9 Å². The van der Waals surface area contributed by atoms with Gasteiger partial charge in [-0.1, -0.05) is 6.07 Å². The van der Waals surface area contributed by atoms with Crippen molar-refractivity contribution in [3.63, 3.8) is 0 Å². The van der Waals surface area contributed by atoms with E-state index in [0.29, 0.717) is 16.9 Å². The van der Waals surface area contributed by atoms with Crippen molar-refractivity contribution in [2.24, 2.45) is 0 Å². The number of carbonyl (C=O) groups excluding carboxylic acids is 1. The van der Waals surface area contributed by atoms with Gasteiger partial charge in [-0.05, 0) is 24.3 Å². The standard InChI is InChI=1S/C14H15N3O2/c1-17(10-5-4-8-16-9-10)13-11(14(18)19-2)6-3-7-12(13)15/h3-9H,15H2,1-2H3. The molecule has 0 saturated heterocycles. The second kappa shape index (κ2) is 5.39. The van der Waals surface area contributed by atoms with Crippen LogP contribution >= 0.6 is 0 Å². The molecule has 0 fully saturated rings. The summed E-state index contributed by atoms with van der Waals surface area (Å²) < 4.78 is 4.78. The molecule has 0 aliphatic carbocycles. The molecule has 2 rings (SSSR count). The van der Waals surface area contributed by atoms with Crippen molar-refractivity contribution < 1.29 is 9.53 Å². The highest BCUT2D eigenvalue weighted by molar-refractivity contribution is 6.00. The van der Waals surface area contributed by atoms with Gasteiger partial charge in [-0.2, -0.15) is 0 Å². The fourth-order valence-electron chi connectivity index (χ4n) is 1.89. The smallest absolute Gasteiger partial charge is 0.340 e. The predicted octanol–water partition coefficient (Wildman–Crippen LogP) is 2.22. The van der Waals surface area contributed by atoms with Gasteiger partial charge in [0.25, 0.3) is 0 Å². The van der Waals surface area contributed by atoms with Crippen molar-refractivity contribution in [1.29, 1.82) is 0 Å². The molecule has 0 radical (unpaired) electrons. The second-order valence-corrected chi connectivity index (χ2v) is 4.01. The normalized spacial score (nSPS) is 10.0. The Labute approximate surface area is 111 Å². The number of ether oxygens (including phenoxy) is 1. The van der Waals surface area contributed by atoms with E-state index >= 15 is 0 Å². The SMILES string of the molecule is COC(=O)c1cccc(N)c1N(C)c1cccnc1. The van der Waals surface area contributed by atoms with Gasteiger partial charge in [0.15, 0.2) is 0 Å². The summed E-state index contributed by atoms with van der Waals surface area (Å²) in [6, 6.07) is 8.87. The van der Waals surface area contributed by atoms with Crippen LogP contribution in [0, 0.1) is 0 Å². The molecule has 1 aromatic heterocycles. The minimum Gasteiger partial charge on any atom is -0.465 e. The summed E-state index contributed by atoms with van der Waals surface area (Å²) in [5, 5.41) is 0. The molecule has 0 aliphatic heterocycles. The Bertz CT molecular complexity index is 584. The van der Waals surface area contributed by atoms with Crippen LogP contribution in [0.25, 0.3) is 0 Å². The average molecular weight is 257 g/mol. The molecule has 1 aromatic carbocycles. The minimum atomic E-state index is -0.418. The predicted molar refractivity (Wildman–Crippen MR) is 74.5 cm³/mol. The number of nitrogens with zero attached hydrogens (tertiary/aromatic N) is 2. The molecule has 5 nitrogen and oxygen atoms in total. The van der Waals surface area contributed by atoms with Gasteiger partial charge < -0.3 is 15.4 Å². The molecular formula is C14H15N3O2. The van der Waals surface area contributed by atoms with Crippen molar-refractivity contribution in [2.45, 2.75) is 0 Å². The molecule has 0 atom stereocenters. The maximum Gasteiger partial charge on any atom is 0.340 e. The second-order valence-electron chi connectivity index (χ2n) is 4.01. The number of anilines is 3. The maximum atomic E-state index is 11.8. The van der Waals surface area contributed by atoms with Gasteiger partial charge in [-0.25, -0.2) is 4.79 Å². The number of methoxy groups -OCH3 is 1. The van der Waals surface area contributed by atoms with E-state index < -0.39 is 5.97 Å². The summed E-state index contributed by atoms with van der Waals surface area (Å²) in [7, 11) is 3.18. The number of carbonyl (C=O) groups is 1. The molecule has 0 spiro atoms. The van der Waals surface area contributed by atoms with Gasteiger partial charge in [-0.15, -0.1) is 0 Å². The van der Waals surface area contributed by atoms with Crippen LogP contribution in [-0.2, 0) is 4.74 Å². The van der Waals surface area contributed by atoms with Gasteiger partial charge in [0.1, 0.15) is 0 Å². The quantitative estimate of drug-likeness (QED) is 0.674. The van der Waals surface area contributed by atoms with Gasteiger partial charge >= 0.3 is 5.97 Å². The van der Waals surface area contributed by atoms with Crippen LogP contribution in [0.4, 0.5) is 17.1 Å². The molecule has 19 heavy (non-hydrogen) atoms. The van der Waals surface area contributed by atoms with Crippen LogP contribution in [0.2, 0.25) is 0 Å². The van der Waals surface area contributed by atoms with E-state index in [1.54, 1.807) is 30.6 Å². The van der Waals surface area contributed by atoms with Gasteiger partial charge in [-0.3, -0.25) is 4.98 Å². The number of hydrogen-bond acceptors (Lipinski definition) is 5. The van der Waals surface area contributed by atoms with E-state index in [1.807, 2.05) is 24.1 Å². The number of hydrogen-bond donors (Lipinski definition) is 1. The van der Waals surface area contributed by atoms with Crippen LogP contribution < -0.4 is 10.6 Å². The first-order valence-corrected chi connectivity index (χ1v) is 5.75. The van der Waals surface area contributed by atoms with Crippen LogP contribution in [0.1, 0.15) is 10.4 Å². The zero-order valence-corrected chi connectivity index (χ0v) is 10.8. The van der Waals surface area contributed by atoms with Crippen molar-refractivity contribution in [3.05, 3.63) is 48.3 Å². The zero-order valence-electron chi connectivity index (χ0n) is 10.8. The molecule has 0 saturated carbocycles. The lowest BCUT2D eigenvalue weighted by molar-refractivity contribution is 0.0601. The number of benzene rings is 1. The summed E-state index contributed by atoms with van der Waals surface area (Å²) in [6.45, 7) is 0. The van der Waals surface area contributed by atoms with Crippen LogP contribution in [0.5, 0.6) is 0 Å². The van der Waals surface area contributed by atoms with Gasteiger partial charge in [0.2, 0.25) is 0 Å². The minimum absolute atomic E-state index is 0.418. The maximum absolute atomic E-state index is 11.8. The number of esters is 1. The first-order valence-electron chi connectivity index (χ1n) is 5.75. The summed E-state index contributed by atoms with van der Waals surface area (Å²) in [4.78, 5) is 17.7. The Kier molecular flexibility index (Phi) is 3.66. The van der Waals surface area contributed by atoms with E-state index in [0.717, 1.165) is 5.69 Å². The third-order valence-corrected chi connectivity index (χ3v) is 2.84. The third-order valence-electron chi connectivity index (χ3n) is 2.84. The van der Waals surface area contributed by atoms with E-state index in [-0.39, 0.29) is 0 Å². The summed E-state index contributed by atoms with van der Waals surface area (Å²) in [5.74, 6) is -0.418. The molecule has 0 aliphatic rings. The fourth-order valence-corrected chi connectivity index (χ4v) is 1.89. The molecule has 0 amide bonds. The Balaban J connectivity index is 2.52. The molecule has 2 N–H and O–H groups in total. The highest BCUT2D eigenvalue weighted by atomic mass is 16.5.